The molecule has 0 aliphatic carbocycles. The molecule has 100 valence electrons. The van der Waals surface area contributed by atoms with Crippen molar-refractivity contribution in [3.05, 3.63) is 74.1 Å². The zero-order valence-electron chi connectivity index (χ0n) is 10.1. The highest BCUT2D eigenvalue weighted by Gasteiger charge is 2.12. The number of H-pyrrole nitrogens is 1. The molecule has 0 saturated heterocycles. The zero-order valence-corrected chi connectivity index (χ0v) is 10.8. The lowest BCUT2D eigenvalue weighted by molar-refractivity contribution is 0.613. The Labute approximate surface area is 117 Å². The van der Waals surface area contributed by atoms with Crippen LogP contribution < -0.4 is 11.2 Å². The molecule has 0 aliphatic rings. The van der Waals surface area contributed by atoms with E-state index in [1.165, 1.54) is 36.4 Å². The summed E-state index contributed by atoms with van der Waals surface area (Å²) in [4.78, 5) is 26.9. The summed E-state index contributed by atoms with van der Waals surface area (Å²) in [6.45, 7) is 0. The van der Waals surface area contributed by atoms with Gasteiger partial charge in [-0.2, -0.15) is 0 Å². The first kappa shape index (κ1) is 12.6. The standard InChI is InChI=1S/C14H8ClFN2O2/c15-8-5-6-9-11(7-8)17-14(20)18(13(9)19)12-4-2-1-3-10(12)16/h1-7H,(H,17,20). The van der Waals surface area contributed by atoms with E-state index in [4.69, 9.17) is 11.6 Å². The molecule has 0 unspecified atom stereocenters. The van der Waals surface area contributed by atoms with Crippen LogP contribution in [-0.2, 0) is 0 Å². The van der Waals surface area contributed by atoms with E-state index in [1.807, 2.05) is 0 Å². The number of benzene rings is 2. The van der Waals surface area contributed by atoms with Crippen molar-refractivity contribution in [3.8, 4) is 5.69 Å². The van der Waals surface area contributed by atoms with Gasteiger partial charge in [-0.3, -0.25) is 4.79 Å². The third-order valence-corrected chi connectivity index (χ3v) is 3.19. The summed E-state index contributed by atoms with van der Waals surface area (Å²) in [6.07, 6.45) is 0. The second-order valence-electron chi connectivity index (χ2n) is 4.21. The summed E-state index contributed by atoms with van der Waals surface area (Å²) >= 11 is 5.81. The Balaban J connectivity index is 2.44. The summed E-state index contributed by atoms with van der Waals surface area (Å²) in [7, 11) is 0. The van der Waals surface area contributed by atoms with Crippen molar-refractivity contribution < 1.29 is 4.39 Å². The number of fused-ring (bicyclic) bond motifs is 1. The molecule has 0 fully saturated rings. The lowest BCUT2D eigenvalue weighted by Gasteiger charge is -2.07. The number of halogens is 2. The van der Waals surface area contributed by atoms with Crippen molar-refractivity contribution in [1.82, 2.24) is 9.55 Å². The highest BCUT2D eigenvalue weighted by Crippen LogP contribution is 2.15. The highest BCUT2D eigenvalue weighted by atomic mass is 35.5. The first-order valence-electron chi connectivity index (χ1n) is 5.77. The van der Waals surface area contributed by atoms with Crippen LogP contribution in [0.4, 0.5) is 4.39 Å². The maximum absolute atomic E-state index is 13.8. The fourth-order valence-corrected chi connectivity index (χ4v) is 2.21. The molecule has 0 aliphatic heterocycles. The van der Waals surface area contributed by atoms with Crippen molar-refractivity contribution in [2.24, 2.45) is 0 Å². The molecule has 1 aromatic heterocycles. The number of para-hydroxylation sites is 1. The molecule has 1 N–H and O–H groups in total. The van der Waals surface area contributed by atoms with Crippen LogP contribution in [0.2, 0.25) is 5.02 Å². The van der Waals surface area contributed by atoms with E-state index >= 15 is 0 Å². The second-order valence-corrected chi connectivity index (χ2v) is 4.65. The molecule has 0 saturated carbocycles. The number of hydrogen-bond acceptors (Lipinski definition) is 2. The molecule has 1 heterocycles. The van der Waals surface area contributed by atoms with E-state index in [1.54, 1.807) is 6.07 Å². The van der Waals surface area contributed by atoms with Crippen LogP contribution in [0.25, 0.3) is 16.6 Å². The Morgan fingerprint density at radius 2 is 1.85 bits per heavy atom. The fourth-order valence-electron chi connectivity index (χ4n) is 2.04. The molecule has 0 bridgehead atoms. The molecule has 6 heteroatoms. The quantitative estimate of drug-likeness (QED) is 0.748. The number of rotatable bonds is 1. The molecule has 3 rings (SSSR count). The van der Waals surface area contributed by atoms with Crippen molar-refractivity contribution in [2.75, 3.05) is 0 Å². The molecule has 0 amide bonds. The van der Waals surface area contributed by atoms with Gasteiger partial charge in [0.1, 0.15) is 5.82 Å². The predicted octanol–water partition coefficient (Wildman–Crippen LogP) is 2.47. The van der Waals surface area contributed by atoms with Gasteiger partial charge >= 0.3 is 5.69 Å². The van der Waals surface area contributed by atoms with Crippen LogP contribution in [0.15, 0.2) is 52.1 Å². The Morgan fingerprint density at radius 1 is 1.10 bits per heavy atom. The maximum atomic E-state index is 13.8. The van der Waals surface area contributed by atoms with Crippen LogP contribution in [0.1, 0.15) is 0 Å². The molecule has 3 aromatic rings. The number of nitrogens with one attached hydrogen (secondary N) is 1. The molecule has 0 radical (unpaired) electrons. The van der Waals surface area contributed by atoms with E-state index < -0.39 is 17.1 Å². The van der Waals surface area contributed by atoms with E-state index in [0.29, 0.717) is 10.5 Å². The van der Waals surface area contributed by atoms with Gasteiger partial charge in [0.05, 0.1) is 16.6 Å². The summed E-state index contributed by atoms with van der Waals surface area (Å²) in [6, 6.07) is 10.1. The van der Waals surface area contributed by atoms with Gasteiger partial charge in [0.15, 0.2) is 0 Å². The number of aromatic nitrogens is 2. The molecule has 20 heavy (non-hydrogen) atoms. The largest absolute Gasteiger partial charge is 0.333 e. The fraction of sp³-hybridized carbons (Fsp3) is 0. The van der Waals surface area contributed by atoms with Gasteiger partial charge in [-0.1, -0.05) is 23.7 Å². The number of aromatic amines is 1. The van der Waals surface area contributed by atoms with Crippen molar-refractivity contribution in [3.63, 3.8) is 0 Å². The third kappa shape index (κ3) is 1.92. The maximum Gasteiger partial charge on any atom is 0.333 e. The topological polar surface area (TPSA) is 54.9 Å². The van der Waals surface area contributed by atoms with Gasteiger partial charge in [0.2, 0.25) is 0 Å². The lowest BCUT2D eigenvalue weighted by atomic mass is 10.2. The second kappa shape index (κ2) is 4.61. The average molecular weight is 291 g/mol. The Morgan fingerprint density at radius 3 is 2.60 bits per heavy atom. The van der Waals surface area contributed by atoms with Gasteiger partial charge in [-0.15, -0.1) is 0 Å². The van der Waals surface area contributed by atoms with E-state index in [9.17, 15) is 14.0 Å². The average Bonchev–Trinajstić information content (AvgIpc) is 2.40. The van der Waals surface area contributed by atoms with Gasteiger partial charge in [-0.05, 0) is 30.3 Å². The summed E-state index contributed by atoms with van der Waals surface area (Å²) in [5.41, 5.74) is -1.07. The van der Waals surface area contributed by atoms with E-state index in [-0.39, 0.29) is 11.1 Å². The summed E-state index contributed by atoms with van der Waals surface area (Å²) < 4.78 is 14.5. The summed E-state index contributed by atoms with van der Waals surface area (Å²) in [5, 5.41) is 0.661. The smallest absolute Gasteiger partial charge is 0.306 e. The number of hydrogen-bond donors (Lipinski definition) is 1. The Hall–Kier alpha value is -2.40. The molecule has 2 aromatic carbocycles. The van der Waals surface area contributed by atoms with Crippen LogP contribution >= 0.6 is 11.6 Å². The summed E-state index contributed by atoms with van der Waals surface area (Å²) in [5.74, 6) is -0.645. The minimum Gasteiger partial charge on any atom is -0.306 e. The van der Waals surface area contributed by atoms with E-state index in [2.05, 4.69) is 4.98 Å². The molecule has 0 atom stereocenters. The molecular formula is C14H8ClFN2O2. The first-order chi connectivity index (χ1) is 9.58. The first-order valence-corrected chi connectivity index (χ1v) is 6.15. The highest BCUT2D eigenvalue weighted by molar-refractivity contribution is 6.31. The predicted molar refractivity (Wildman–Crippen MR) is 75.1 cm³/mol. The van der Waals surface area contributed by atoms with Crippen LogP contribution in [0.3, 0.4) is 0 Å². The van der Waals surface area contributed by atoms with Gasteiger partial charge in [0, 0.05) is 5.02 Å². The number of nitrogens with zero attached hydrogens (tertiary/aromatic N) is 1. The van der Waals surface area contributed by atoms with E-state index in [0.717, 1.165) is 4.57 Å². The lowest BCUT2D eigenvalue weighted by Crippen LogP contribution is -2.34. The minimum atomic E-state index is -0.713. The van der Waals surface area contributed by atoms with Crippen LogP contribution in [-0.4, -0.2) is 9.55 Å². The zero-order chi connectivity index (χ0) is 14.3. The van der Waals surface area contributed by atoms with Crippen molar-refractivity contribution in [2.45, 2.75) is 0 Å². The van der Waals surface area contributed by atoms with Gasteiger partial charge in [-0.25, -0.2) is 13.8 Å². The normalized spacial score (nSPS) is 10.9. The molecule has 0 spiro atoms. The van der Waals surface area contributed by atoms with Crippen molar-refractivity contribution >= 4 is 22.5 Å². The monoisotopic (exact) mass is 290 g/mol. The molecule has 4 nitrogen and oxygen atoms in total. The van der Waals surface area contributed by atoms with Crippen LogP contribution in [0, 0.1) is 5.82 Å². The van der Waals surface area contributed by atoms with Crippen molar-refractivity contribution in [1.29, 1.82) is 0 Å². The van der Waals surface area contributed by atoms with Crippen LogP contribution in [0.5, 0.6) is 0 Å². The van der Waals surface area contributed by atoms with Gasteiger partial charge < -0.3 is 4.98 Å². The Bertz CT molecular complexity index is 930. The third-order valence-electron chi connectivity index (χ3n) is 2.95. The Kier molecular flexibility index (Phi) is 2.91. The molecular weight excluding hydrogens is 283 g/mol. The minimum absolute atomic E-state index is 0.0874. The van der Waals surface area contributed by atoms with Gasteiger partial charge in [0.25, 0.3) is 5.56 Å². The SMILES string of the molecule is O=c1[nH]c2cc(Cl)ccc2c(=O)n1-c1ccccc1F.